The fourth-order valence-corrected chi connectivity index (χ4v) is 2.71. The molecule has 1 heterocycles. The van der Waals surface area contributed by atoms with Gasteiger partial charge in [0.2, 0.25) is 23.6 Å². The van der Waals surface area contributed by atoms with Gasteiger partial charge in [-0.3, -0.25) is 24.0 Å². The van der Waals surface area contributed by atoms with E-state index in [1.165, 1.54) is 12.5 Å². The molecule has 0 aliphatic rings. The second kappa shape index (κ2) is 13.7. The van der Waals surface area contributed by atoms with Crippen molar-refractivity contribution < 1.29 is 29.1 Å². The molecule has 1 aromatic heterocycles. The molecule has 14 nitrogen and oxygen atoms in total. The molecule has 0 aromatic carbocycles. The number of nitrogens with two attached hydrogens (primary N) is 3. The van der Waals surface area contributed by atoms with Crippen LogP contribution in [0, 0.1) is 0 Å². The highest BCUT2D eigenvalue weighted by atomic mass is 16.4. The van der Waals surface area contributed by atoms with Crippen LogP contribution in [-0.4, -0.2) is 75.9 Å². The van der Waals surface area contributed by atoms with Crippen LogP contribution in [0.15, 0.2) is 12.5 Å². The highest BCUT2D eigenvalue weighted by Gasteiger charge is 2.29. The Kier molecular flexibility index (Phi) is 11.4. The van der Waals surface area contributed by atoms with Gasteiger partial charge in [-0.1, -0.05) is 6.42 Å². The lowest BCUT2D eigenvalue weighted by molar-refractivity contribution is -0.138. The molecule has 0 aliphatic heterocycles. The third-order valence-corrected chi connectivity index (χ3v) is 4.37. The predicted octanol–water partition coefficient (Wildman–Crippen LogP) is -3.55. The lowest BCUT2D eigenvalue weighted by atomic mass is 10.1. The van der Waals surface area contributed by atoms with E-state index < -0.39 is 60.7 Å². The zero-order valence-electron chi connectivity index (χ0n) is 17.5. The number of primary amides is 1. The Bertz CT molecular complexity index is 784. The van der Waals surface area contributed by atoms with E-state index in [2.05, 4.69) is 25.9 Å². The van der Waals surface area contributed by atoms with E-state index in [0.29, 0.717) is 31.5 Å². The fraction of sp³-hybridized carbons (Fsp3) is 0.556. The van der Waals surface area contributed by atoms with Crippen molar-refractivity contribution in [2.24, 2.45) is 17.2 Å². The zero-order valence-corrected chi connectivity index (χ0v) is 17.5. The molecule has 1 rings (SSSR count). The molecule has 0 spiro atoms. The molecule has 3 unspecified atom stereocenters. The molecular formula is C18H30N8O6. The Balaban J connectivity index is 2.91. The molecular weight excluding hydrogens is 424 g/mol. The number of imidazole rings is 1. The zero-order chi connectivity index (χ0) is 24.1. The maximum atomic E-state index is 12.9. The Morgan fingerprint density at radius 3 is 2.31 bits per heavy atom. The largest absolute Gasteiger partial charge is 0.480 e. The second-order valence-corrected chi connectivity index (χ2v) is 7.08. The standard InChI is InChI=1S/C18H30N8O6/c19-4-2-1-3-11(20)16(30)25-12(5-10-7-22-9-24-10)18(32)26-13(6-14(21)27)17(31)23-8-15(28)29/h7,9,11-13H,1-6,8,19-20H2,(H2,21,27)(H,22,24)(H,23,31)(H,25,30)(H,26,32)(H,28,29). The normalized spacial score (nSPS) is 13.4. The molecule has 0 fully saturated rings. The first-order chi connectivity index (χ1) is 15.1. The number of hydrogen-bond donors (Lipinski definition) is 8. The van der Waals surface area contributed by atoms with Crippen molar-refractivity contribution in [3.63, 3.8) is 0 Å². The fourth-order valence-electron chi connectivity index (χ4n) is 2.71. The number of carbonyl (C=O) groups is 5. The van der Waals surface area contributed by atoms with E-state index in [9.17, 15) is 24.0 Å². The molecule has 0 aliphatic carbocycles. The van der Waals surface area contributed by atoms with Crippen molar-refractivity contribution in [3.05, 3.63) is 18.2 Å². The molecule has 178 valence electrons. The average molecular weight is 454 g/mol. The maximum absolute atomic E-state index is 12.9. The third-order valence-electron chi connectivity index (χ3n) is 4.37. The topological polar surface area (TPSA) is 248 Å². The molecule has 0 radical (unpaired) electrons. The van der Waals surface area contributed by atoms with E-state index in [1.54, 1.807) is 0 Å². The van der Waals surface area contributed by atoms with Crippen molar-refractivity contribution >= 4 is 29.6 Å². The number of aliphatic carboxylic acids is 1. The van der Waals surface area contributed by atoms with Crippen molar-refractivity contribution in [3.8, 4) is 0 Å². The minimum Gasteiger partial charge on any atom is -0.480 e. The summed E-state index contributed by atoms with van der Waals surface area (Å²) < 4.78 is 0. The second-order valence-electron chi connectivity index (χ2n) is 7.08. The number of carbonyl (C=O) groups excluding carboxylic acids is 4. The summed E-state index contributed by atoms with van der Waals surface area (Å²) >= 11 is 0. The van der Waals surface area contributed by atoms with Gasteiger partial charge in [-0.2, -0.15) is 0 Å². The van der Waals surface area contributed by atoms with Crippen LogP contribution in [-0.2, 0) is 30.4 Å². The summed E-state index contributed by atoms with van der Waals surface area (Å²) in [6, 6.07) is -3.47. The summed E-state index contributed by atoms with van der Waals surface area (Å²) in [6.07, 6.45) is 3.96. The van der Waals surface area contributed by atoms with Crippen LogP contribution in [0.1, 0.15) is 31.4 Å². The van der Waals surface area contributed by atoms with Gasteiger partial charge in [-0.25, -0.2) is 4.98 Å². The minimum atomic E-state index is -1.43. The minimum absolute atomic E-state index is 0.00682. The van der Waals surface area contributed by atoms with E-state index in [0.717, 1.165) is 0 Å². The van der Waals surface area contributed by atoms with E-state index in [4.69, 9.17) is 22.3 Å². The number of aromatic nitrogens is 2. The van der Waals surface area contributed by atoms with Crippen molar-refractivity contribution in [2.75, 3.05) is 13.1 Å². The lowest BCUT2D eigenvalue weighted by Crippen LogP contribution is -2.57. The summed E-state index contributed by atoms with van der Waals surface area (Å²) in [4.78, 5) is 66.2. The van der Waals surface area contributed by atoms with Crippen molar-refractivity contribution in [1.29, 1.82) is 0 Å². The summed E-state index contributed by atoms with van der Waals surface area (Å²) in [5.74, 6) is -4.49. The van der Waals surface area contributed by atoms with E-state index in [1.807, 2.05) is 0 Å². The van der Waals surface area contributed by atoms with Crippen LogP contribution in [0.5, 0.6) is 0 Å². The average Bonchev–Trinajstić information content (AvgIpc) is 3.23. The number of rotatable bonds is 15. The van der Waals surface area contributed by atoms with Gasteiger partial charge in [0.25, 0.3) is 0 Å². The number of carboxylic acid groups (broad SMARTS) is 1. The van der Waals surface area contributed by atoms with Gasteiger partial charge in [0.05, 0.1) is 18.8 Å². The van der Waals surface area contributed by atoms with Crippen LogP contribution in [0.2, 0.25) is 0 Å². The number of aromatic amines is 1. The predicted molar refractivity (Wildman–Crippen MR) is 111 cm³/mol. The highest BCUT2D eigenvalue weighted by molar-refractivity contribution is 5.95. The molecule has 14 heteroatoms. The first kappa shape index (κ1) is 26.5. The molecule has 1 aromatic rings. The number of carboxylic acids is 1. The summed E-state index contributed by atoms with van der Waals surface area (Å²) in [7, 11) is 0. The number of unbranched alkanes of at least 4 members (excludes halogenated alkanes) is 1. The van der Waals surface area contributed by atoms with Gasteiger partial charge in [0, 0.05) is 18.3 Å². The van der Waals surface area contributed by atoms with Crippen LogP contribution in [0.3, 0.4) is 0 Å². The molecule has 0 saturated heterocycles. The van der Waals surface area contributed by atoms with Gasteiger partial charge >= 0.3 is 5.97 Å². The molecule has 11 N–H and O–H groups in total. The third kappa shape index (κ3) is 9.99. The maximum Gasteiger partial charge on any atom is 0.322 e. The SMILES string of the molecule is NCCCCC(N)C(=O)NC(Cc1cnc[nH]1)C(=O)NC(CC(N)=O)C(=O)NCC(=O)O. The smallest absolute Gasteiger partial charge is 0.322 e. The van der Waals surface area contributed by atoms with Crippen LogP contribution < -0.4 is 33.2 Å². The Labute approximate surface area is 184 Å². The van der Waals surface area contributed by atoms with Gasteiger partial charge < -0.3 is 43.2 Å². The molecule has 0 saturated carbocycles. The first-order valence-corrected chi connectivity index (χ1v) is 9.95. The van der Waals surface area contributed by atoms with Crippen LogP contribution in [0.4, 0.5) is 0 Å². The number of amides is 4. The Morgan fingerprint density at radius 1 is 1.06 bits per heavy atom. The van der Waals surface area contributed by atoms with E-state index in [-0.39, 0.29) is 6.42 Å². The summed E-state index contributed by atoms with van der Waals surface area (Å²) in [6.45, 7) is -0.250. The molecule has 0 bridgehead atoms. The van der Waals surface area contributed by atoms with E-state index >= 15 is 0 Å². The first-order valence-electron chi connectivity index (χ1n) is 9.95. The summed E-state index contributed by atoms with van der Waals surface area (Å²) in [5, 5.41) is 15.6. The summed E-state index contributed by atoms with van der Waals surface area (Å²) in [5.41, 5.74) is 17.0. The van der Waals surface area contributed by atoms with Gasteiger partial charge in [-0.05, 0) is 19.4 Å². The highest BCUT2D eigenvalue weighted by Crippen LogP contribution is 2.04. The number of nitrogens with one attached hydrogen (secondary N) is 4. The van der Waals surface area contributed by atoms with Crippen molar-refractivity contribution in [1.82, 2.24) is 25.9 Å². The number of nitrogens with zero attached hydrogens (tertiary/aromatic N) is 1. The Morgan fingerprint density at radius 2 is 1.75 bits per heavy atom. The van der Waals surface area contributed by atoms with Gasteiger partial charge in [-0.15, -0.1) is 0 Å². The quantitative estimate of drug-likeness (QED) is 0.122. The van der Waals surface area contributed by atoms with Crippen molar-refractivity contribution in [2.45, 2.75) is 50.2 Å². The molecule has 32 heavy (non-hydrogen) atoms. The van der Waals surface area contributed by atoms with Crippen LogP contribution in [0.25, 0.3) is 0 Å². The van der Waals surface area contributed by atoms with Gasteiger partial charge in [0.15, 0.2) is 0 Å². The molecule has 4 amide bonds. The van der Waals surface area contributed by atoms with Gasteiger partial charge in [0.1, 0.15) is 18.6 Å². The lowest BCUT2D eigenvalue weighted by Gasteiger charge is -2.23. The molecule has 3 atom stereocenters. The number of H-pyrrole nitrogens is 1. The monoisotopic (exact) mass is 454 g/mol. The van der Waals surface area contributed by atoms with Crippen LogP contribution >= 0.6 is 0 Å². The number of hydrogen-bond acceptors (Lipinski definition) is 8. The Hall–Kier alpha value is -3.52.